The molecule has 25 heavy (non-hydrogen) atoms. The standard InChI is InChI=1S/C16H9Cl2N3O2S2/c1-23-14(22)7-2-3-10-12(4-7)24-15(19-10)21-16-20-11-5-8(17)9(18)6-13(11)25-16/h2-6H,1H3,(H,19,20,21). The molecule has 0 spiro atoms. The molecule has 0 saturated carbocycles. The van der Waals surface area contributed by atoms with Gasteiger partial charge in [-0.3, -0.25) is 0 Å². The molecule has 2 aromatic heterocycles. The van der Waals surface area contributed by atoms with E-state index in [1.54, 1.807) is 30.3 Å². The fourth-order valence-corrected chi connectivity index (χ4v) is 4.53. The average molecular weight is 410 g/mol. The van der Waals surface area contributed by atoms with Gasteiger partial charge < -0.3 is 10.1 Å². The predicted molar refractivity (Wildman–Crippen MR) is 104 cm³/mol. The van der Waals surface area contributed by atoms with Crippen LogP contribution in [0.4, 0.5) is 10.3 Å². The van der Waals surface area contributed by atoms with Crippen LogP contribution in [0.5, 0.6) is 0 Å². The Hall–Kier alpha value is -1.93. The molecule has 0 saturated heterocycles. The van der Waals surface area contributed by atoms with Crippen LogP contribution in [0.15, 0.2) is 30.3 Å². The third kappa shape index (κ3) is 3.16. The summed E-state index contributed by atoms with van der Waals surface area (Å²) in [4.78, 5) is 20.6. The number of fused-ring (bicyclic) bond motifs is 2. The fourth-order valence-electron chi connectivity index (χ4n) is 2.29. The molecule has 0 fully saturated rings. The summed E-state index contributed by atoms with van der Waals surface area (Å²) in [5.74, 6) is -0.371. The Labute approximate surface area is 160 Å². The van der Waals surface area contributed by atoms with Crippen molar-refractivity contribution < 1.29 is 9.53 Å². The van der Waals surface area contributed by atoms with Crippen LogP contribution in [0.1, 0.15) is 10.4 Å². The first-order valence-corrected chi connectivity index (χ1v) is 9.44. The van der Waals surface area contributed by atoms with E-state index in [1.807, 2.05) is 0 Å². The Balaban J connectivity index is 1.67. The van der Waals surface area contributed by atoms with Gasteiger partial charge in [0, 0.05) is 0 Å². The first-order chi connectivity index (χ1) is 12.0. The molecule has 2 aromatic carbocycles. The lowest BCUT2D eigenvalue weighted by Gasteiger charge is -1.97. The number of ether oxygens (including phenoxy) is 1. The molecule has 0 bridgehead atoms. The van der Waals surface area contributed by atoms with E-state index in [0.29, 0.717) is 25.9 Å². The molecule has 0 radical (unpaired) electrons. The number of anilines is 2. The number of nitrogens with zero attached hydrogens (tertiary/aromatic N) is 2. The second-order valence-electron chi connectivity index (χ2n) is 5.07. The Bertz CT molecular complexity index is 1080. The quantitative estimate of drug-likeness (QED) is 0.436. The van der Waals surface area contributed by atoms with Crippen LogP contribution < -0.4 is 5.32 Å². The lowest BCUT2D eigenvalue weighted by Crippen LogP contribution is -1.99. The summed E-state index contributed by atoms with van der Waals surface area (Å²) >= 11 is 15.0. The maximum atomic E-state index is 11.6. The molecular weight excluding hydrogens is 401 g/mol. The molecule has 0 unspecified atom stereocenters. The molecule has 4 rings (SSSR count). The number of halogens is 2. The lowest BCUT2D eigenvalue weighted by molar-refractivity contribution is 0.0601. The van der Waals surface area contributed by atoms with E-state index >= 15 is 0 Å². The van der Waals surface area contributed by atoms with Crippen molar-refractivity contribution >= 4 is 82.5 Å². The van der Waals surface area contributed by atoms with Crippen molar-refractivity contribution in [3.05, 3.63) is 45.9 Å². The van der Waals surface area contributed by atoms with Crippen molar-refractivity contribution in [3.63, 3.8) is 0 Å². The lowest BCUT2D eigenvalue weighted by atomic mass is 10.2. The Morgan fingerprint density at radius 1 is 1.00 bits per heavy atom. The SMILES string of the molecule is COC(=O)c1ccc2nc(Nc3nc4cc(Cl)c(Cl)cc4s3)sc2c1. The van der Waals surface area contributed by atoms with E-state index in [9.17, 15) is 4.79 Å². The number of nitrogens with one attached hydrogen (secondary N) is 1. The second kappa shape index (κ2) is 6.42. The highest BCUT2D eigenvalue weighted by atomic mass is 35.5. The third-order valence-corrected chi connectivity index (χ3v) is 6.04. The van der Waals surface area contributed by atoms with Crippen LogP contribution in [0.25, 0.3) is 20.4 Å². The van der Waals surface area contributed by atoms with Crippen LogP contribution >= 0.6 is 45.9 Å². The average Bonchev–Trinajstić information content (AvgIpc) is 3.16. The van der Waals surface area contributed by atoms with Gasteiger partial charge in [-0.25, -0.2) is 14.8 Å². The number of aromatic nitrogens is 2. The Morgan fingerprint density at radius 2 is 1.64 bits per heavy atom. The number of carbonyl (C=O) groups is 1. The summed E-state index contributed by atoms with van der Waals surface area (Å²) in [5, 5.41) is 5.55. The highest BCUT2D eigenvalue weighted by molar-refractivity contribution is 7.24. The number of hydrogen-bond donors (Lipinski definition) is 1. The van der Waals surface area contributed by atoms with Crippen molar-refractivity contribution in [2.75, 3.05) is 12.4 Å². The molecule has 126 valence electrons. The number of carbonyl (C=O) groups excluding carboxylic acids is 1. The van der Waals surface area contributed by atoms with Gasteiger partial charge in [0.15, 0.2) is 10.3 Å². The number of hydrogen-bond acceptors (Lipinski definition) is 7. The summed E-state index contributed by atoms with van der Waals surface area (Å²) in [7, 11) is 1.36. The first kappa shape index (κ1) is 16.5. The summed E-state index contributed by atoms with van der Waals surface area (Å²) in [6, 6.07) is 8.79. The maximum Gasteiger partial charge on any atom is 0.337 e. The van der Waals surface area contributed by atoms with Gasteiger partial charge in [-0.15, -0.1) is 0 Å². The minimum absolute atomic E-state index is 0.371. The van der Waals surface area contributed by atoms with Gasteiger partial charge in [-0.05, 0) is 30.3 Å². The number of esters is 1. The first-order valence-electron chi connectivity index (χ1n) is 7.05. The zero-order valence-corrected chi connectivity index (χ0v) is 15.8. The summed E-state index contributed by atoms with van der Waals surface area (Å²) < 4.78 is 6.56. The minimum Gasteiger partial charge on any atom is -0.465 e. The van der Waals surface area contributed by atoms with Crippen molar-refractivity contribution in [3.8, 4) is 0 Å². The normalized spacial score (nSPS) is 11.2. The molecule has 0 aliphatic heterocycles. The number of methoxy groups -OCH3 is 1. The van der Waals surface area contributed by atoms with E-state index in [1.165, 1.54) is 29.8 Å². The summed E-state index contributed by atoms with van der Waals surface area (Å²) in [5.41, 5.74) is 2.07. The third-order valence-electron chi connectivity index (χ3n) is 3.45. The van der Waals surface area contributed by atoms with Gasteiger partial charge in [0.1, 0.15) is 0 Å². The van der Waals surface area contributed by atoms with Gasteiger partial charge in [0.05, 0.1) is 43.2 Å². The largest absolute Gasteiger partial charge is 0.465 e. The van der Waals surface area contributed by atoms with Gasteiger partial charge in [0.2, 0.25) is 0 Å². The van der Waals surface area contributed by atoms with Gasteiger partial charge in [0.25, 0.3) is 0 Å². The van der Waals surface area contributed by atoms with Gasteiger partial charge in [-0.2, -0.15) is 0 Å². The minimum atomic E-state index is -0.371. The molecule has 9 heteroatoms. The van der Waals surface area contributed by atoms with Crippen molar-refractivity contribution in [1.29, 1.82) is 0 Å². The van der Waals surface area contributed by atoms with Gasteiger partial charge >= 0.3 is 5.97 Å². The van der Waals surface area contributed by atoms with Crippen molar-refractivity contribution in [2.24, 2.45) is 0 Å². The van der Waals surface area contributed by atoms with Crippen LogP contribution in [0.3, 0.4) is 0 Å². The van der Waals surface area contributed by atoms with E-state index in [0.717, 1.165) is 20.4 Å². The molecule has 2 heterocycles. The fraction of sp³-hybridized carbons (Fsp3) is 0.0625. The van der Waals surface area contributed by atoms with Crippen LogP contribution in [0, 0.1) is 0 Å². The molecular formula is C16H9Cl2N3O2S2. The highest BCUT2D eigenvalue weighted by Crippen LogP contribution is 2.35. The van der Waals surface area contributed by atoms with Gasteiger partial charge in [-0.1, -0.05) is 45.9 Å². The molecule has 0 atom stereocenters. The van der Waals surface area contributed by atoms with E-state index in [2.05, 4.69) is 15.3 Å². The summed E-state index contributed by atoms with van der Waals surface area (Å²) in [6.07, 6.45) is 0. The smallest absolute Gasteiger partial charge is 0.337 e. The number of benzene rings is 2. The highest BCUT2D eigenvalue weighted by Gasteiger charge is 2.12. The summed E-state index contributed by atoms with van der Waals surface area (Å²) in [6.45, 7) is 0. The predicted octanol–water partition coefficient (Wildman–Crippen LogP) is 5.74. The second-order valence-corrected chi connectivity index (χ2v) is 7.95. The molecule has 0 aliphatic rings. The maximum absolute atomic E-state index is 11.6. The van der Waals surface area contributed by atoms with E-state index in [4.69, 9.17) is 27.9 Å². The zero-order chi connectivity index (χ0) is 17.6. The zero-order valence-electron chi connectivity index (χ0n) is 12.7. The molecule has 0 amide bonds. The molecule has 5 nitrogen and oxygen atoms in total. The van der Waals surface area contributed by atoms with E-state index < -0.39 is 0 Å². The van der Waals surface area contributed by atoms with Crippen LogP contribution in [-0.4, -0.2) is 23.0 Å². The number of thiazole rings is 2. The molecule has 4 aromatic rings. The molecule has 1 N–H and O–H groups in total. The van der Waals surface area contributed by atoms with Crippen LogP contribution in [-0.2, 0) is 4.74 Å². The van der Waals surface area contributed by atoms with Crippen LogP contribution in [0.2, 0.25) is 10.0 Å². The topological polar surface area (TPSA) is 64.1 Å². The van der Waals surface area contributed by atoms with Crippen molar-refractivity contribution in [2.45, 2.75) is 0 Å². The Kier molecular flexibility index (Phi) is 4.24. The van der Waals surface area contributed by atoms with E-state index in [-0.39, 0.29) is 5.97 Å². The Morgan fingerprint density at radius 3 is 2.36 bits per heavy atom. The molecule has 0 aliphatic carbocycles. The van der Waals surface area contributed by atoms with Crippen molar-refractivity contribution in [1.82, 2.24) is 9.97 Å². The monoisotopic (exact) mass is 409 g/mol. The number of rotatable bonds is 3.